The van der Waals surface area contributed by atoms with Crippen molar-refractivity contribution in [2.75, 3.05) is 0 Å². The van der Waals surface area contributed by atoms with E-state index in [1.165, 1.54) is 5.57 Å². The topological polar surface area (TPSA) is 20.2 Å². The van der Waals surface area contributed by atoms with E-state index in [2.05, 4.69) is 38.3 Å². The largest absolute Gasteiger partial charge is 0.508 e. The van der Waals surface area contributed by atoms with Crippen LogP contribution in [-0.4, -0.2) is 5.11 Å². The molecule has 0 aromatic rings. The van der Waals surface area contributed by atoms with E-state index in [0.717, 1.165) is 24.8 Å². The molecule has 0 bridgehead atoms. The number of aliphatic hydroxyl groups excluding tert-OH is 1. The quantitative estimate of drug-likeness (QED) is 0.514. The molecule has 0 radical (unpaired) electrons. The van der Waals surface area contributed by atoms with Gasteiger partial charge in [-0.15, -0.1) is 0 Å². The lowest BCUT2D eigenvalue weighted by Crippen LogP contribution is -1.93. The number of hydrogen-bond donors (Lipinski definition) is 1. The van der Waals surface area contributed by atoms with Crippen molar-refractivity contribution < 1.29 is 5.11 Å². The molecule has 1 aliphatic carbocycles. The Labute approximate surface area is 86.1 Å². The fourth-order valence-electron chi connectivity index (χ4n) is 1.58. The molecule has 0 aromatic heterocycles. The van der Waals surface area contributed by atoms with Gasteiger partial charge in [-0.1, -0.05) is 43.9 Å². The third-order valence-electron chi connectivity index (χ3n) is 2.65. The second-order valence-electron chi connectivity index (χ2n) is 3.82. The highest BCUT2D eigenvalue weighted by atomic mass is 16.3. The molecule has 1 heteroatoms. The summed E-state index contributed by atoms with van der Waals surface area (Å²) in [5.41, 5.74) is 2.23. The predicted octanol–water partition coefficient (Wildman–Crippen LogP) is 3.92. The minimum Gasteiger partial charge on any atom is -0.508 e. The predicted molar refractivity (Wildman–Crippen MR) is 61.1 cm³/mol. The SMILES string of the molecule is C=C(O)C(=C)CCCC1=CC=C[C@@H]1C. The molecule has 0 aromatic carbocycles. The first-order chi connectivity index (χ1) is 6.61. The highest BCUT2D eigenvalue weighted by molar-refractivity contribution is 5.26. The van der Waals surface area contributed by atoms with Crippen molar-refractivity contribution in [3.05, 3.63) is 48.3 Å². The zero-order valence-electron chi connectivity index (χ0n) is 8.79. The molecule has 0 saturated carbocycles. The van der Waals surface area contributed by atoms with Gasteiger partial charge in [0.05, 0.1) is 0 Å². The average molecular weight is 190 g/mol. The lowest BCUT2D eigenvalue weighted by molar-refractivity contribution is 0.421. The number of allylic oxidation sites excluding steroid dienone is 5. The minimum absolute atomic E-state index is 0.122. The molecule has 1 N–H and O–H groups in total. The van der Waals surface area contributed by atoms with Crippen LogP contribution in [0.25, 0.3) is 0 Å². The van der Waals surface area contributed by atoms with E-state index in [1.807, 2.05) is 0 Å². The summed E-state index contributed by atoms with van der Waals surface area (Å²) < 4.78 is 0. The highest BCUT2D eigenvalue weighted by Gasteiger charge is 2.08. The van der Waals surface area contributed by atoms with Crippen molar-refractivity contribution in [1.82, 2.24) is 0 Å². The molecule has 14 heavy (non-hydrogen) atoms. The first-order valence-electron chi connectivity index (χ1n) is 5.04. The summed E-state index contributed by atoms with van der Waals surface area (Å²) >= 11 is 0. The molecule has 0 fully saturated rings. The van der Waals surface area contributed by atoms with Gasteiger partial charge in [0.25, 0.3) is 0 Å². The van der Waals surface area contributed by atoms with Crippen LogP contribution < -0.4 is 0 Å². The summed E-state index contributed by atoms with van der Waals surface area (Å²) in [5, 5.41) is 9.04. The molecule has 1 aliphatic rings. The number of aliphatic hydroxyl groups is 1. The van der Waals surface area contributed by atoms with Crippen LogP contribution in [0.1, 0.15) is 26.2 Å². The summed E-state index contributed by atoms with van der Waals surface area (Å²) in [5.74, 6) is 0.706. The van der Waals surface area contributed by atoms with E-state index >= 15 is 0 Å². The van der Waals surface area contributed by atoms with Crippen molar-refractivity contribution >= 4 is 0 Å². The molecule has 0 aliphatic heterocycles. The van der Waals surface area contributed by atoms with Gasteiger partial charge < -0.3 is 5.11 Å². The van der Waals surface area contributed by atoms with Crippen LogP contribution in [0.5, 0.6) is 0 Å². The minimum atomic E-state index is 0.122. The Morgan fingerprint density at radius 3 is 2.71 bits per heavy atom. The number of rotatable bonds is 5. The first kappa shape index (κ1) is 10.8. The Kier molecular flexibility index (Phi) is 3.75. The van der Waals surface area contributed by atoms with Gasteiger partial charge in [0.2, 0.25) is 0 Å². The molecule has 0 amide bonds. The van der Waals surface area contributed by atoms with Gasteiger partial charge in [0, 0.05) is 0 Å². The van der Waals surface area contributed by atoms with Crippen molar-refractivity contribution in [1.29, 1.82) is 0 Å². The van der Waals surface area contributed by atoms with Gasteiger partial charge in [0.15, 0.2) is 0 Å². The Bertz CT molecular complexity index is 294. The van der Waals surface area contributed by atoms with Gasteiger partial charge in [-0.05, 0) is 30.8 Å². The first-order valence-corrected chi connectivity index (χ1v) is 5.04. The van der Waals surface area contributed by atoms with Crippen LogP contribution in [0, 0.1) is 5.92 Å². The summed E-state index contributed by atoms with van der Waals surface area (Å²) in [6.07, 6.45) is 9.45. The number of hydrogen-bond acceptors (Lipinski definition) is 1. The van der Waals surface area contributed by atoms with E-state index in [4.69, 9.17) is 5.11 Å². The Morgan fingerprint density at radius 2 is 2.21 bits per heavy atom. The van der Waals surface area contributed by atoms with Crippen molar-refractivity contribution in [2.24, 2.45) is 5.92 Å². The molecular formula is C13H18O. The summed E-state index contributed by atoms with van der Waals surface area (Å²) in [6.45, 7) is 9.41. The standard InChI is InChI=1S/C13H18O/c1-10(12(3)14)6-4-8-13-9-5-7-11(13)2/h5,7,9,11,14H,1,3-4,6,8H2,2H3/t11-/m0/s1. The summed E-state index contributed by atoms with van der Waals surface area (Å²) in [6, 6.07) is 0. The Balaban J connectivity index is 2.23. The lowest BCUT2D eigenvalue weighted by atomic mass is 9.98. The van der Waals surface area contributed by atoms with E-state index in [-0.39, 0.29) is 5.76 Å². The fourth-order valence-corrected chi connectivity index (χ4v) is 1.58. The lowest BCUT2D eigenvalue weighted by Gasteiger charge is -2.08. The zero-order valence-corrected chi connectivity index (χ0v) is 8.79. The molecule has 1 atom stereocenters. The average Bonchev–Trinajstić information content (AvgIpc) is 2.51. The van der Waals surface area contributed by atoms with Crippen LogP contribution in [0.2, 0.25) is 0 Å². The second-order valence-corrected chi connectivity index (χ2v) is 3.82. The molecule has 1 rings (SSSR count). The maximum atomic E-state index is 9.04. The normalized spacial score (nSPS) is 19.5. The molecule has 0 unspecified atom stereocenters. The molecule has 0 saturated heterocycles. The van der Waals surface area contributed by atoms with Gasteiger partial charge in [0.1, 0.15) is 5.76 Å². The Morgan fingerprint density at radius 1 is 1.50 bits per heavy atom. The van der Waals surface area contributed by atoms with Crippen molar-refractivity contribution in [3.63, 3.8) is 0 Å². The second kappa shape index (κ2) is 4.85. The monoisotopic (exact) mass is 190 g/mol. The van der Waals surface area contributed by atoms with Crippen molar-refractivity contribution in [2.45, 2.75) is 26.2 Å². The van der Waals surface area contributed by atoms with Crippen LogP contribution in [0.15, 0.2) is 48.3 Å². The molecule has 1 nitrogen and oxygen atoms in total. The van der Waals surface area contributed by atoms with E-state index in [9.17, 15) is 0 Å². The highest BCUT2D eigenvalue weighted by Crippen LogP contribution is 2.24. The molecule has 0 heterocycles. The van der Waals surface area contributed by atoms with Crippen LogP contribution in [0.4, 0.5) is 0 Å². The maximum absolute atomic E-state index is 9.04. The van der Waals surface area contributed by atoms with E-state index in [1.54, 1.807) is 0 Å². The van der Waals surface area contributed by atoms with Crippen LogP contribution in [-0.2, 0) is 0 Å². The van der Waals surface area contributed by atoms with Gasteiger partial charge in [-0.2, -0.15) is 0 Å². The summed E-state index contributed by atoms with van der Waals surface area (Å²) in [7, 11) is 0. The molecule has 0 spiro atoms. The molecule has 76 valence electrons. The maximum Gasteiger partial charge on any atom is 0.111 e. The van der Waals surface area contributed by atoms with E-state index < -0.39 is 0 Å². The fraction of sp³-hybridized carbons (Fsp3) is 0.385. The zero-order chi connectivity index (χ0) is 10.6. The van der Waals surface area contributed by atoms with Crippen LogP contribution in [0.3, 0.4) is 0 Å². The Hall–Kier alpha value is -1.24. The van der Waals surface area contributed by atoms with Crippen molar-refractivity contribution in [3.8, 4) is 0 Å². The van der Waals surface area contributed by atoms with Gasteiger partial charge in [-0.25, -0.2) is 0 Å². The third kappa shape index (κ3) is 2.91. The van der Waals surface area contributed by atoms with Crippen LogP contribution >= 0.6 is 0 Å². The van der Waals surface area contributed by atoms with Gasteiger partial charge in [-0.3, -0.25) is 0 Å². The molecular weight excluding hydrogens is 172 g/mol. The van der Waals surface area contributed by atoms with E-state index in [0.29, 0.717) is 5.92 Å². The third-order valence-corrected chi connectivity index (χ3v) is 2.65. The summed E-state index contributed by atoms with van der Waals surface area (Å²) in [4.78, 5) is 0. The van der Waals surface area contributed by atoms with Gasteiger partial charge >= 0.3 is 0 Å². The smallest absolute Gasteiger partial charge is 0.111 e.